The summed E-state index contributed by atoms with van der Waals surface area (Å²) in [6.07, 6.45) is 1.55. The minimum absolute atomic E-state index is 0.00433. The maximum Gasteiger partial charge on any atom is 0.357 e. The Labute approximate surface area is 164 Å². The van der Waals surface area contributed by atoms with Crippen molar-refractivity contribution in [3.8, 4) is 5.75 Å². The van der Waals surface area contributed by atoms with Crippen LogP contribution in [-0.2, 0) is 0 Å². The average molecular weight is 409 g/mol. The predicted molar refractivity (Wildman–Crippen MR) is 110 cm³/mol. The van der Waals surface area contributed by atoms with Gasteiger partial charge in [-0.05, 0) is 18.2 Å². The van der Waals surface area contributed by atoms with Crippen molar-refractivity contribution < 1.29 is 14.3 Å². The molecule has 1 aromatic carbocycles. The number of hydrogen-bond donors (Lipinski definition) is 2. The van der Waals surface area contributed by atoms with E-state index in [-0.39, 0.29) is 17.4 Å². The lowest BCUT2D eigenvalue weighted by Gasteiger charge is -2.06. The summed E-state index contributed by atoms with van der Waals surface area (Å²) in [6, 6.07) is 6.44. The number of phenolic OH excluding ortho intramolecular Hbond substituents is 1. The van der Waals surface area contributed by atoms with Crippen LogP contribution >= 0.6 is 22.7 Å². The van der Waals surface area contributed by atoms with E-state index in [2.05, 4.69) is 9.97 Å². The third-order valence-corrected chi connectivity index (χ3v) is 6.91. The number of nitrogen functional groups attached to an aromatic ring is 1. The Kier molecular flexibility index (Phi) is 3.52. The number of anilines is 1. The van der Waals surface area contributed by atoms with Crippen molar-refractivity contribution in [2.75, 3.05) is 5.73 Å². The van der Waals surface area contributed by atoms with E-state index < -0.39 is 5.63 Å². The molecule has 0 bridgehead atoms. The van der Waals surface area contributed by atoms with Gasteiger partial charge in [0.1, 0.15) is 26.4 Å². The van der Waals surface area contributed by atoms with Crippen LogP contribution in [-0.4, -0.2) is 20.9 Å². The molecule has 0 aliphatic carbocycles. The van der Waals surface area contributed by atoms with Crippen molar-refractivity contribution in [1.82, 2.24) is 9.97 Å². The molecule has 138 valence electrons. The van der Waals surface area contributed by atoms with Gasteiger partial charge in [-0.2, -0.15) is 0 Å². The zero-order valence-corrected chi connectivity index (χ0v) is 16.0. The molecule has 9 heteroatoms. The number of pyridine rings is 1. The Balaban J connectivity index is 1.76. The van der Waals surface area contributed by atoms with Gasteiger partial charge in [0.05, 0.1) is 15.1 Å². The quantitative estimate of drug-likeness (QED) is 0.425. The highest BCUT2D eigenvalue weighted by atomic mass is 32.2. The van der Waals surface area contributed by atoms with E-state index >= 15 is 0 Å². The first kappa shape index (κ1) is 16.8. The van der Waals surface area contributed by atoms with Crippen LogP contribution in [0, 0.1) is 6.92 Å². The highest BCUT2D eigenvalue weighted by Crippen LogP contribution is 2.44. The minimum atomic E-state index is -0.459. The Hall–Kier alpha value is -3.30. The summed E-state index contributed by atoms with van der Waals surface area (Å²) < 4.78 is 6.17. The van der Waals surface area contributed by atoms with Crippen molar-refractivity contribution in [3.63, 3.8) is 0 Å². The molecule has 0 aliphatic heterocycles. The molecule has 0 unspecified atom stereocenters. The zero-order chi connectivity index (χ0) is 19.6. The van der Waals surface area contributed by atoms with Crippen LogP contribution in [0.1, 0.15) is 21.1 Å². The summed E-state index contributed by atoms with van der Waals surface area (Å²) in [4.78, 5) is 34.1. The Morgan fingerprint density at radius 3 is 2.86 bits per heavy atom. The van der Waals surface area contributed by atoms with Crippen LogP contribution in [0.3, 0.4) is 0 Å². The molecule has 4 heterocycles. The van der Waals surface area contributed by atoms with Crippen molar-refractivity contribution >= 4 is 64.7 Å². The maximum absolute atomic E-state index is 13.3. The number of phenols is 1. The number of nitrogens with zero attached hydrogens (tertiary/aromatic N) is 2. The molecule has 0 fully saturated rings. The molecule has 3 N–H and O–H groups in total. The van der Waals surface area contributed by atoms with Gasteiger partial charge in [0.15, 0.2) is 5.89 Å². The van der Waals surface area contributed by atoms with Crippen molar-refractivity contribution in [2.45, 2.75) is 6.92 Å². The number of aromatic hydroxyl groups is 1. The van der Waals surface area contributed by atoms with Gasteiger partial charge in [-0.3, -0.25) is 9.78 Å². The number of fused-ring (bicyclic) bond motifs is 4. The number of rotatable bonds is 2. The number of ketones is 1. The van der Waals surface area contributed by atoms with Crippen LogP contribution in [0.5, 0.6) is 5.75 Å². The van der Waals surface area contributed by atoms with Gasteiger partial charge >= 0.3 is 5.63 Å². The van der Waals surface area contributed by atoms with Crippen LogP contribution < -0.4 is 11.4 Å². The van der Waals surface area contributed by atoms with E-state index in [0.29, 0.717) is 42.6 Å². The molecule has 5 rings (SSSR count). The number of benzene rings is 1. The SMILES string of the molecule is Cc1nc2c(sc3sc(C(=O)c4ccc(O)c5ncccc45)c(N)c32)c(=O)o1. The Morgan fingerprint density at radius 2 is 2.04 bits per heavy atom. The largest absolute Gasteiger partial charge is 0.506 e. The molecule has 0 radical (unpaired) electrons. The number of hydrogen-bond acceptors (Lipinski definition) is 9. The van der Waals surface area contributed by atoms with Crippen molar-refractivity contribution in [1.29, 1.82) is 0 Å². The lowest BCUT2D eigenvalue weighted by molar-refractivity contribution is 0.104. The third kappa shape index (κ3) is 2.26. The first-order chi connectivity index (χ1) is 13.5. The molecule has 0 saturated carbocycles. The number of carbonyl (C=O) groups is 1. The number of nitrogens with two attached hydrogens (primary N) is 1. The lowest BCUT2D eigenvalue weighted by atomic mass is 10.0. The molecule has 0 aliphatic rings. The van der Waals surface area contributed by atoms with E-state index in [1.165, 1.54) is 28.7 Å². The second-order valence-corrected chi connectivity index (χ2v) is 8.47. The van der Waals surface area contributed by atoms with E-state index in [0.717, 1.165) is 4.01 Å². The second-order valence-electron chi connectivity index (χ2n) is 6.17. The van der Waals surface area contributed by atoms with Gasteiger partial charge in [0.2, 0.25) is 5.78 Å². The number of aryl methyl sites for hydroxylation is 1. The second kappa shape index (κ2) is 5.85. The molecule has 0 spiro atoms. The summed E-state index contributed by atoms with van der Waals surface area (Å²) in [6.45, 7) is 1.59. The monoisotopic (exact) mass is 409 g/mol. The first-order valence-corrected chi connectivity index (χ1v) is 9.82. The van der Waals surface area contributed by atoms with Gasteiger partial charge in [0, 0.05) is 24.1 Å². The topological polar surface area (TPSA) is 119 Å². The average Bonchev–Trinajstić information content (AvgIpc) is 3.19. The zero-order valence-electron chi connectivity index (χ0n) is 14.3. The van der Waals surface area contributed by atoms with E-state index in [4.69, 9.17) is 10.2 Å². The van der Waals surface area contributed by atoms with E-state index in [1.54, 1.807) is 31.3 Å². The van der Waals surface area contributed by atoms with Crippen molar-refractivity contribution in [3.05, 3.63) is 57.2 Å². The molecule has 28 heavy (non-hydrogen) atoms. The Morgan fingerprint density at radius 1 is 1.21 bits per heavy atom. The highest BCUT2D eigenvalue weighted by molar-refractivity contribution is 7.42. The smallest absolute Gasteiger partial charge is 0.357 e. The van der Waals surface area contributed by atoms with Crippen molar-refractivity contribution in [2.24, 2.45) is 0 Å². The molecule has 0 amide bonds. The van der Waals surface area contributed by atoms with Gasteiger partial charge in [-0.25, -0.2) is 9.78 Å². The fraction of sp³-hybridized carbons (Fsp3) is 0.0526. The molecule has 4 aromatic heterocycles. The van der Waals surface area contributed by atoms with Crippen LogP contribution in [0.25, 0.3) is 30.5 Å². The molecular weight excluding hydrogens is 398 g/mol. The fourth-order valence-electron chi connectivity index (χ4n) is 3.23. The summed E-state index contributed by atoms with van der Waals surface area (Å²) in [7, 11) is 0. The summed E-state index contributed by atoms with van der Waals surface area (Å²) in [5.74, 6) is -0.0207. The molecule has 0 saturated heterocycles. The molecule has 7 nitrogen and oxygen atoms in total. The fourth-order valence-corrected chi connectivity index (χ4v) is 5.66. The van der Waals surface area contributed by atoms with Gasteiger partial charge in [-0.1, -0.05) is 6.07 Å². The number of carbonyl (C=O) groups excluding carboxylic acids is 1. The third-order valence-electron chi connectivity index (χ3n) is 4.45. The highest BCUT2D eigenvalue weighted by Gasteiger charge is 2.25. The van der Waals surface area contributed by atoms with Gasteiger partial charge in [0.25, 0.3) is 0 Å². The van der Waals surface area contributed by atoms with E-state index in [9.17, 15) is 14.7 Å². The summed E-state index contributed by atoms with van der Waals surface area (Å²) in [5.41, 5.74) is 7.36. The maximum atomic E-state index is 13.3. The van der Waals surface area contributed by atoms with E-state index in [1.807, 2.05) is 0 Å². The standard InChI is InChI=1S/C19H11N3O4S2/c1-7-22-14-11-12(20)16(27-19(11)28-17(14)18(25)26-7)15(24)9-4-5-10(23)13-8(9)3-2-6-21-13/h2-6,23H,20H2,1H3. The Bertz CT molecular complexity index is 1500. The first-order valence-electron chi connectivity index (χ1n) is 8.19. The number of thiophene rings is 2. The predicted octanol–water partition coefficient (Wildman–Crippen LogP) is 3.84. The van der Waals surface area contributed by atoms with Crippen LogP contribution in [0.15, 0.2) is 39.7 Å². The van der Waals surface area contributed by atoms with Crippen LogP contribution in [0.4, 0.5) is 5.69 Å². The molecule has 5 aromatic rings. The summed E-state index contributed by atoms with van der Waals surface area (Å²) in [5, 5.41) is 11.2. The molecular formula is C19H11N3O4S2. The van der Waals surface area contributed by atoms with Gasteiger partial charge < -0.3 is 15.3 Å². The van der Waals surface area contributed by atoms with Crippen LogP contribution in [0.2, 0.25) is 0 Å². The van der Waals surface area contributed by atoms with Gasteiger partial charge in [-0.15, -0.1) is 22.7 Å². The molecule has 0 atom stereocenters. The normalized spacial score (nSPS) is 11.6. The minimum Gasteiger partial charge on any atom is -0.506 e. The lowest BCUT2D eigenvalue weighted by Crippen LogP contribution is -2.04. The summed E-state index contributed by atoms with van der Waals surface area (Å²) >= 11 is 2.44. The number of aromatic nitrogens is 2.